The molecule has 0 spiro atoms. The standard InChI is InChI=1S/C10H5ClINO2/c11-7-4-6(12)3-5-1-2-8(10(14)15)13-9(5)7/h1-4H,(H,14,15). The summed E-state index contributed by atoms with van der Waals surface area (Å²) >= 11 is 8.13. The van der Waals surface area contributed by atoms with Gasteiger partial charge in [0.2, 0.25) is 0 Å². The predicted molar refractivity (Wildman–Crippen MR) is 66.4 cm³/mol. The number of aromatic carboxylic acids is 1. The van der Waals surface area contributed by atoms with E-state index in [0.29, 0.717) is 10.5 Å². The summed E-state index contributed by atoms with van der Waals surface area (Å²) in [6.45, 7) is 0. The van der Waals surface area contributed by atoms with Crippen molar-refractivity contribution >= 4 is 51.1 Å². The number of carbonyl (C=O) groups is 1. The van der Waals surface area contributed by atoms with Crippen LogP contribution in [0.1, 0.15) is 10.5 Å². The van der Waals surface area contributed by atoms with Crippen LogP contribution in [0.4, 0.5) is 0 Å². The highest BCUT2D eigenvalue weighted by Gasteiger charge is 2.08. The first-order valence-corrected chi connectivity index (χ1v) is 5.53. The van der Waals surface area contributed by atoms with E-state index in [9.17, 15) is 4.79 Å². The summed E-state index contributed by atoms with van der Waals surface area (Å²) in [7, 11) is 0. The third kappa shape index (κ3) is 2.05. The van der Waals surface area contributed by atoms with Gasteiger partial charge >= 0.3 is 5.97 Å². The zero-order valence-corrected chi connectivity index (χ0v) is 10.3. The molecule has 1 aromatic heterocycles. The molecule has 0 unspecified atom stereocenters. The number of halogens is 2. The van der Waals surface area contributed by atoms with Crippen molar-refractivity contribution in [3.05, 3.63) is 38.6 Å². The number of fused-ring (bicyclic) bond motifs is 1. The van der Waals surface area contributed by atoms with Gasteiger partial charge in [-0.1, -0.05) is 17.7 Å². The van der Waals surface area contributed by atoms with Gasteiger partial charge < -0.3 is 5.11 Å². The third-order valence-electron chi connectivity index (χ3n) is 1.93. The van der Waals surface area contributed by atoms with Gasteiger partial charge in [-0.15, -0.1) is 0 Å². The molecule has 0 aliphatic carbocycles. The van der Waals surface area contributed by atoms with Crippen LogP contribution >= 0.6 is 34.2 Å². The van der Waals surface area contributed by atoms with Crippen molar-refractivity contribution in [1.82, 2.24) is 4.98 Å². The molecule has 0 bridgehead atoms. The van der Waals surface area contributed by atoms with Crippen LogP contribution in [0, 0.1) is 3.57 Å². The van der Waals surface area contributed by atoms with Crippen molar-refractivity contribution in [1.29, 1.82) is 0 Å². The van der Waals surface area contributed by atoms with Crippen LogP contribution in [-0.4, -0.2) is 16.1 Å². The van der Waals surface area contributed by atoms with Gasteiger partial charge in [-0.3, -0.25) is 0 Å². The summed E-state index contributed by atoms with van der Waals surface area (Å²) in [6, 6.07) is 6.83. The molecule has 15 heavy (non-hydrogen) atoms. The molecule has 0 fully saturated rings. The first-order chi connectivity index (χ1) is 7.08. The Labute approximate surface area is 104 Å². The number of nitrogens with zero attached hydrogens (tertiary/aromatic N) is 1. The average Bonchev–Trinajstić information content (AvgIpc) is 2.16. The molecule has 1 N–H and O–H groups in total. The molecule has 0 saturated carbocycles. The third-order valence-corrected chi connectivity index (χ3v) is 2.84. The molecular weight excluding hydrogens is 328 g/mol. The number of hydrogen-bond acceptors (Lipinski definition) is 2. The Hall–Kier alpha value is -0.880. The van der Waals surface area contributed by atoms with E-state index in [-0.39, 0.29) is 5.69 Å². The van der Waals surface area contributed by atoms with Crippen molar-refractivity contribution < 1.29 is 9.90 Å². The van der Waals surface area contributed by atoms with E-state index < -0.39 is 5.97 Å². The quantitative estimate of drug-likeness (QED) is 0.816. The number of rotatable bonds is 1. The van der Waals surface area contributed by atoms with Crippen molar-refractivity contribution in [2.45, 2.75) is 0 Å². The lowest BCUT2D eigenvalue weighted by molar-refractivity contribution is 0.0691. The highest BCUT2D eigenvalue weighted by Crippen LogP contribution is 2.24. The van der Waals surface area contributed by atoms with Gasteiger partial charge in [-0.25, -0.2) is 9.78 Å². The van der Waals surface area contributed by atoms with E-state index in [0.717, 1.165) is 8.96 Å². The Balaban J connectivity index is 2.76. The number of hydrogen-bond donors (Lipinski definition) is 1. The van der Waals surface area contributed by atoms with E-state index in [1.54, 1.807) is 12.1 Å². The van der Waals surface area contributed by atoms with E-state index in [2.05, 4.69) is 27.6 Å². The van der Waals surface area contributed by atoms with Crippen molar-refractivity contribution in [2.75, 3.05) is 0 Å². The lowest BCUT2D eigenvalue weighted by Gasteiger charge is -2.02. The maximum atomic E-state index is 10.7. The number of pyridine rings is 1. The van der Waals surface area contributed by atoms with Gasteiger partial charge in [0.15, 0.2) is 0 Å². The molecule has 76 valence electrons. The lowest BCUT2D eigenvalue weighted by Crippen LogP contribution is -1.99. The monoisotopic (exact) mass is 333 g/mol. The maximum absolute atomic E-state index is 10.7. The molecule has 3 nitrogen and oxygen atoms in total. The topological polar surface area (TPSA) is 50.2 Å². The molecule has 0 atom stereocenters. The van der Waals surface area contributed by atoms with Crippen LogP contribution < -0.4 is 0 Å². The molecule has 1 heterocycles. The highest BCUT2D eigenvalue weighted by molar-refractivity contribution is 14.1. The second kappa shape index (κ2) is 3.94. The van der Waals surface area contributed by atoms with Crippen molar-refractivity contribution in [2.24, 2.45) is 0 Å². The summed E-state index contributed by atoms with van der Waals surface area (Å²) in [4.78, 5) is 14.7. The number of carboxylic acids is 1. The maximum Gasteiger partial charge on any atom is 0.354 e. The Morgan fingerprint density at radius 1 is 1.40 bits per heavy atom. The summed E-state index contributed by atoms with van der Waals surface area (Å²) in [5.74, 6) is -1.05. The van der Waals surface area contributed by atoms with Crippen LogP contribution in [0.25, 0.3) is 10.9 Å². The number of benzene rings is 1. The Kier molecular flexibility index (Phi) is 2.79. The molecule has 1 aromatic carbocycles. The molecule has 5 heteroatoms. The van der Waals surface area contributed by atoms with Gasteiger partial charge in [0.1, 0.15) is 5.69 Å². The van der Waals surface area contributed by atoms with E-state index >= 15 is 0 Å². The summed E-state index contributed by atoms with van der Waals surface area (Å²) < 4.78 is 0.995. The van der Waals surface area contributed by atoms with Gasteiger partial charge in [-0.2, -0.15) is 0 Å². The second-order valence-electron chi connectivity index (χ2n) is 2.96. The molecule has 0 radical (unpaired) electrons. The summed E-state index contributed by atoms with van der Waals surface area (Å²) in [6.07, 6.45) is 0. The smallest absolute Gasteiger partial charge is 0.354 e. The fraction of sp³-hybridized carbons (Fsp3) is 0. The zero-order chi connectivity index (χ0) is 11.0. The zero-order valence-electron chi connectivity index (χ0n) is 7.37. The second-order valence-corrected chi connectivity index (χ2v) is 4.61. The van der Waals surface area contributed by atoms with Crippen LogP contribution in [0.5, 0.6) is 0 Å². The fourth-order valence-corrected chi connectivity index (χ4v) is 2.38. The van der Waals surface area contributed by atoms with E-state index in [4.69, 9.17) is 16.7 Å². The van der Waals surface area contributed by atoms with E-state index in [1.165, 1.54) is 6.07 Å². The van der Waals surface area contributed by atoms with Gasteiger partial charge in [0, 0.05) is 8.96 Å². The van der Waals surface area contributed by atoms with Crippen LogP contribution in [-0.2, 0) is 0 Å². The first-order valence-electron chi connectivity index (χ1n) is 4.07. The van der Waals surface area contributed by atoms with Gasteiger partial charge in [0.05, 0.1) is 10.5 Å². The molecule has 0 saturated heterocycles. The minimum Gasteiger partial charge on any atom is -0.477 e. The molecular formula is C10H5ClINO2. The summed E-state index contributed by atoms with van der Waals surface area (Å²) in [5.41, 5.74) is 0.530. The minimum atomic E-state index is -1.05. The molecule has 2 rings (SSSR count). The normalized spacial score (nSPS) is 10.5. The Bertz CT molecular complexity index is 556. The first kappa shape index (κ1) is 10.6. The fourth-order valence-electron chi connectivity index (χ4n) is 1.28. The van der Waals surface area contributed by atoms with Gasteiger partial charge in [-0.05, 0) is 40.8 Å². The molecule has 2 aromatic rings. The average molecular weight is 334 g/mol. The van der Waals surface area contributed by atoms with Crippen molar-refractivity contribution in [3.8, 4) is 0 Å². The highest BCUT2D eigenvalue weighted by atomic mass is 127. The molecule has 0 aliphatic heterocycles. The van der Waals surface area contributed by atoms with Crippen LogP contribution in [0.3, 0.4) is 0 Å². The molecule has 0 amide bonds. The van der Waals surface area contributed by atoms with Crippen LogP contribution in [0.15, 0.2) is 24.3 Å². The van der Waals surface area contributed by atoms with Gasteiger partial charge in [0.25, 0.3) is 0 Å². The largest absolute Gasteiger partial charge is 0.477 e. The lowest BCUT2D eigenvalue weighted by atomic mass is 10.2. The van der Waals surface area contributed by atoms with E-state index in [1.807, 2.05) is 6.07 Å². The number of aromatic nitrogens is 1. The predicted octanol–water partition coefficient (Wildman–Crippen LogP) is 3.19. The Morgan fingerprint density at radius 3 is 2.80 bits per heavy atom. The Morgan fingerprint density at radius 2 is 2.13 bits per heavy atom. The van der Waals surface area contributed by atoms with Crippen molar-refractivity contribution in [3.63, 3.8) is 0 Å². The minimum absolute atomic E-state index is 0.00519. The summed E-state index contributed by atoms with van der Waals surface area (Å²) in [5, 5.41) is 10.1. The number of carboxylic acid groups (broad SMARTS) is 1. The molecule has 0 aliphatic rings. The SMILES string of the molecule is O=C(O)c1ccc2cc(I)cc(Cl)c2n1. The van der Waals surface area contributed by atoms with Crippen LogP contribution in [0.2, 0.25) is 5.02 Å².